The third-order valence-electron chi connectivity index (χ3n) is 6.64. The number of hydrogen-bond donors (Lipinski definition) is 0. The van der Waals surface area contributed by atoms with Crippen LogP contribution in [-0.4, -0.2) is 4.98 Å². The summed E-state index contributed by atoms with van der Waals surface area (Å²) < 4.78 is 0. The van der Waals surface area contributed by atoms with Crippen LogP contribution >= 0.6 is 0 Å². The molecular formula is C31H25N. The Hall–Kier alpha value is -3.71. The molecule has 3 aromatic carbocycles. The van der Waals surface area contributed by atoms with Gasteiger partial charge in [-0.25, -0.2) is 4.98 Å². The van der Waals surface area contributed by atoms with Gasteiger partial charge in [-0.3, -0.25) is 0 Å². The molecule has 0 spiro atoms. The van der Waals surface area contributed by atoms with Crippen molar-refractivity contribution >= 4 is 23.3 Å². The van der Waals surface area contributed by atoms with Gasteiger partial charge in [0.15, 0.2) is 0 Å². The molecular weight excluding hydrogens is 386 g/mol. The summed E-state index contributed by atoms with van der Waals surface area (Å²) in [6.45, 7) is 0. The normalized spacial score (nSPS) is 17.0. The zero-order valence-electron chi connectivity index (χ0n) is 18.1. The quantitative estimate of drug-likeness (QED) is 0.336. The smallest absolute Gasteiger partial charge is 0.0707 e. The van der Waals surface area contributed by atoms with Gasteiger partial charge in [0.2, 0.25) is 0 Å². The summed E-state index contributed by atoms with van der Waals surface area (Å²) in [5.74, 6) is 0. The number of pyridine rings is 1. The van der Waals surface area contributed by atoms with Crippen LogP contribution in [0.5, 0.6) is 0 Å². The van der Waals surface area contributed by atoms with Crippen molar-refractivity contribution in [2.75, 3.05) is 0 Å². The van der Waals surface area contributed by atoms with Gasteiger partial charge < -0.3 is 0 Å². The lowest BCUT2D eigenvalue weighted by molar-refractivity contribution is 1.05. The molecule has 0 radical (unpaired) electrons. The second-order valence-electron chi connectivity index (χ2n) is 8.67. The van der Waals surface area contributed by atoms with E-state index in [1.165, 1.54) is 55.9 Å². The number of rotatable bonds is 3. The van der Waals surface area contributed by atoms with Crippen molar-refractivity contribution in [2.24, 2.45) is 0 Å². The monoisotopic (exact) mass is 411 g/mol. The molecule has 0 bridgehead atoms. The van der Waals surface area contributed by atoms with Crippen LogP contribution in [0.2, 0.25) is 0 Å². The lowest BCUT2D eigenvalue weighted by atomic mass is 9.93. The van der Waals surface area contributed by atoms with E-state index in [9.17, 15) is 0 Å². The largest absolute Gasteiger partial charge is 0.248 e. The molecule has 154 valence electrons. The molecule has 32 heavy (non-hydrogen) atoms. The molecule has 1 aromatic heterocycles. The minimum Gasteiger partial charge on any atom is -0.248 e. The van der Waals surface area contributed by atoms with Crippen LogP contribution in [0, 0.1) is 0 Å². The molecule has 0 N–H and O–H groups in total. The van der Waals surface area contributed by atoms with Crippen LogP contribution in [0.25, 0.3) is 34.4 Å². The molecule has 0 aliphatic heterocycles. The Morgan fingerprint density at radius 1 is 0.500 bits per heavy atom. The van der Waals surface area contributed by atoms with Crippen LogP contribution in [-0.2, 0) is 12.8 Å². The molecule has 0 unspecified atom stereocenters. The Bertz CT molecular complexity index is 1250. The maximum absolute atomic E-state index is 5.34. The summed E-state index contributed by atoms with van der Waals surface area (Å²) in [5.41, 5.74) is 13.2. The summed E-state index contributed by atoms with van der Waals surface area (Å²) >= 11 is 0. The molecule has 0 amide bonds. The summed E-state index contributed by atoms with van der Waals surface area (Å²) in [4.78, 5) is 5.34. The fourth-order valence-corrected chi connectivity index (χ4v) is 5.18. The zero-order valence-corrected chi connectivity index (χ0v) is 18.1. The van der Waals surface area contributed by atoms with Crippen LogP contribution in [0.4, 0.5) is 0 Å². The van der Waals surface area contributed by atoms with Crippen molar-refractivity contribution in [2.45, 2.75) is 25.7 Å². The van der Waals surface area contributed by atoms with Gasteiger partial charge in [-0.15, -0.1) is 0 Å². The van der Waals surface area contributed by atoms with Crippen LogP contribution in [0.3, 0.4) is 0 Å². The number of nitrogens with zero attached hydrogens (tertiary/aromatic N) is 1. The Balaban J connectivity index is 1.56. The number of benzene rings is 3. The molecule has 0 saturated heterocycles. The van der Waals surface area contributed by atoms with Crippen molar-refractivity contribution in [3.05, 3.63) is 125 Å². The first-order valence-corrected chi connectivity index (χ1v) is 11.5. The Morgan fingerprint density at radius 3 is 1.41 bits per heavy atom. The lowest BCUT2D eigenvalue weighted by Crippen LogP contribution is -2.00. The molecule has 1 nitrogen and oxygen atoms in total. The van der Waals surface area contributed by atoms with E-state index < -0.39 is 0 Å². The van der Waals surface area contributed by atoms with Crippen LogP contribution in [0.1, 0.15) is 46.5 Å². The fraction of sp³-hybridized carbons (Fsp3) is 0.129. The predicted molar refractivity (Wildman–Crippen MR) is 135 cm³/mol. The van der Waals surface area contributed by atoms with E-state index in [1.807, 2.05) is 0 Å². The highest BCUT2D eigenvalue weighted by Gasteiger charge is 2.30. The number of allylic oxidation sites excluding steroid dienone is 2. The van der Waals surface area contributed by atoms with Crippen LogP contribution in [0.15, 0.2) is 91.0 Å². The number of aromatic nitrogens is 1. The van der Waals surface area contributed by atoms with Gasteiger partial charge in [0.05, 0.1) is 11.4 Å². The van der Waals surface area contributed by atoms with E-state index >= 15 is 0 Å². The molecule has 0 saturated carbocycles. The van der Waals surface area contributed by atoms with Gasteiger partial charge in [0, 0.05) is 0 Å². The van der Waals surface area contributed by atoms with E-state index in [0.717, 1.165) is 25.7 Å². The maximum atomic E-state index is 5.34. The summed E-state index contributed by atoms with van der Waals surface area (Å²) in [5, 5.41) is 0. The Labute approximate surface area is 189 Å². The molecule has 1 heteroatoms. The molecule has 6 rings (SSSR count). The summed E-state index contributed by atoms with van der Waals surface area (Å²) in [6, 6.07) is 32.2. The van der Waals surface area contributed by atoms with Crippen molar-refractivity contribution in [1.29, 1.82) is 0 Å². The minimum atomic E-state index is 1.05. The lowest BCUT2D eigenvalue weighted by Gasteiger charge is -2.15. The molecule has 2 aliphatic carbocycles. The van der Waals surface area contributed by atoms with E-state index in [1.54, 1.807) is 0 Å². The predicted octanol–water partition coefficient (Wildman–Crippen LogP) is 7.72. The summed E-state index contributed by atoms with van der Waals surface area (Å²) in [6.07, 6.45) is 8.90. The second-order valence-corrected chi connectivity index (χ2v) is 8.67. The Morgan fingerprint density at radius 2 is 0.938 bits per heavy atom. The third kappa shape index (κ3) is 3.40. The maximum Gasteiger partial charge on any atom is 0.0707 e. The SMILES string of the molecule is C(=C1CCc2c1nc1c(c2-c2ccccc2)CCC1=Cc1ccccc1)c1ccccc1. The van der Waals surface area contributed by atoms with Crippen LogP contribution < -0.4 is 0 Å². The van der Waals surface area contributed by atoms with Gasteiger partial charge in [-0.1, -0.05) is 91.0 Å². The van der Waals surface area contributed by atoms with Crippen molar-refractivity contribution in [3.8, 4) is 11.1 Å². The fourth-order valence-electron chi connectivity index (χ4n) is 5.18. The first-order chi connectivity index (χ1) is 15.9. The highest BCUT2D eigenvalue weighted by atomic mass is 14.8. The highest BCUT2D eigenvalue weighted by Crippen LogP contribution is 2.46. The van der Waals surface area contributed by atoms with Crippen molar-refractivity contribution in [3.63, 3.8) is 0 Å². The van der Waals surface area contributed by atoms with Crippen molar-refractivity contribution in [1.82, 2.24) is 4.98 Å². The topological polar surface area (TPSA) is 12.9 Å². The molecule has 1 heterocycles. The molecule has 4 aromatic rings. The number of hydrogen-bond acceptors (Lipinski definition) is 1. The number of fused-ring (bicyclic) bond motifs is 2. The van der Waals surface area contributed by atoms with E-state index in [4.69, 9.17) is 4.98 Å². The molecule has 0 fully saturated rings. The van der Waals surface area contributed by atoms with E-state index in [-0.39, 0.29) is 0 Å². The summed E-state index contributed by atoms with van der Waals surface area (Å²) in [7, 11) is 0. The molecule has 0 atom stereocenters. The zero-order chi connectivity index (χ0) is 21.3. The van der Waals surface area contributed by atoms with Crippen molar-refractivity contribution < 1.29 is 0 Å². The van der Waals surface area contributed by atoms with Gasteiger partial charge >= 0.3 is 0 Å². The average molecular weight is 412 g/mol. The average Bonchev–Trinajstić information content (AvgIpc) is 3.44. The third-order valence-corrected chi connectivity index (χ3v) is 6.64. The van der Waals surface area contributed by atoms with Gasteiger partial charge in [-0.2, -0.15) is 0 Å². The first kappa shape index (κ1) is 19.0. The highest BCUT2D eigenvalue weighted by molar-refractivity contribution is 5.93. The minimum absolute atomic E-state index is 1.05. The Kier molecular flexibility index (Phi) is 4.81. The van der Waals surface area contributed by atoms with Gasteiger partial charge in [0.1, 0.15) is 0 Å². The standard InChI is InChI=1S/C31H25N/c1-4-10-22(11-5-1)20-25-16-18-27-29(24-14-8-3-9-15-24)28-19-17-26(31(28)32-30(25)27)21-23-12-6-2-7-13-23/h1-15,20-21H,16-19H2. The first-order valence-electron chi connectivity index (χ1n) is 11.5. The molecule has 2 aliphatic rings. The second kappa shape index (κ2) is 8.09. The van der Waals surface area contributed by atoms with Gasteiger partial charge in [0.25, 0.3) is 0 Å². The van der Waals surface area contributed by atoms with E-state index in [0.29, 0.717) is 0 Å². The van der Waals surface area contributed by atoms with E-state index in [2.05, 4.69) is 103 Å². The van der Waals surface area contributed by atoms with Gasteiger partial charge in [-0.05, 0) is 82.4 Å².